The molecule has 2 atom stereocenters. The lowest BCUT2D eigenvalue weighted by molar-refractivity contribution is -0.172. The van der Waals surface area contributed by atoms with E-state index in [1.807, 2.05) is 49.4 Å². The number of amides is 1. The van der Waals surface area contributed by atoms with E-state index in [1.165, 1.54) is 0 Å². The molecule has 1 N–H and O–H groups in total. The Bertz CT molecular complexity index is 1000. The van der Waals surface area contributed by atoms with Gasteiger partial charge in [-0.3, -0.25) is 9.59 Å². The van der Waals surface area contributed by atoms with E-state index in [9.17, 15) is 14.9 Å². The standard InChI is InChI=1S/C26H31ClN2O3/c1-17(29-23(30)26(5,6)32-24(31)25(2,3)4)22(15-18-10-12-21(27)13-11-18)20-9-7-8-19(14-20)16-28/h7-14,17,22H,15H2,1-6H3,(H,29,30). The molecular weight excluding hydrogens is 424 g/mol. The second kappa shape index (κ2) is 10.2. The van der Waals surface area contributed by atoms with Crippen molar-refractivity contribution in [3.63, 3.8) is 0 Å². The zero-order chi connectivity index (χ0) is 24.1. The van der Waals surface area contributed by atoms with Gasteiger partial charge in [-0.25, -0.2) is 0 Å². The Morgan fingerprint density at radius 2 is 1.72 bits per heavy atom. The topological polar surface area (TPSA) is 79.2 Å². The highest BCUT2D eigenvalue weighted by Gasteiger charge is 2.37. The van der Waals surface area contributed by atoms with Crippen molar-refractivity contribution in [2.45, 2.75) is 65.5 Å². The van der Waals surface area contributed by atoms with Crippen LogP contribution >= 0.6 is 11.6 Å². The predicted molar refractivity (Wildman–Crippen MR) is 126 cm³/mol. The van der Waals surface area contributed by atoms with Gasteiger partial charge in [0.2, 0.25) is 0 Å². The molecule has 2 aromatic rings. The second-order valence-corrected chi connectivity index (χ2v) is 10.0. The fourth-order valence-corrected chi connectivity index (χ4v) is 3.33. The van der Waals surface area contributed by atoms with Gasteiger partial charge < -0.3 is 10.1 Å². The van der Waals surface area contributed by atoms with Crippen LogP contribution in [-0.2, 0) is 20.7 Å². The minimum Gasteiger partial charge on any atom is -0.449 e. The molecule has 6 heteroatoms. The highest BCUT2D eigenvalue weighted by Crippen LogP contribution is 2.27. The minimum atomic E-state index is -1.32. The lowest BCUT2D eigenvalue weighted by Gasteiger charge is -2.32. The zero-order valence-electron chi connectivity index (χ0n) is 19.5. The molecule has 0 aliphatic carbocycles. The summed E-state index contributed by atoms with van der Waals surface area (Å²) in [5.41, 5.74) is 0.523. The smallest absolute Gasteiger partial charge is 0.312 e. The van der Waals surface area contributed by atoms with Crippen molar-refractivity contribution in [3.05, 3.63) is 70.2 Å². The van der Waals surface area contributed by atoms with E-state index in [2.05, 4.69) is 11.4 Å². The van der Waals surface area contributed by atoms with Crippen LogP contribution in [-0.4, -0.2) is 23.5 Å². The summed E-state index contributed by atoms with van der Waals surface area (Å²) in [7, 11) is 0. The first-order valence-corrected chi connectivity index (χ1v) is 11.0. The van der Waals surface area contributed by atoms with E-state index in [-0.39, 0.29) is 17.9 Å². The maximum atomic E-state index is 13.0. The highest BCUT2D eigenvalue weighted by molar-refractivity contribution is 6.30. The van der Waals surface area contributed by atoms with E-state index in [0.29, 0.717) is 17.0 Å². The molecule has 0 spiro atoms. The molecule has 2 rings (SSSR count). The largest absolute Gasteiger partial charge is 0.449 e. The third kappa shape index (κ3) is 6.83. The average molecular weight is 455 g/mol. The van der Waals surface area contributed by atoms with Crippen molar-refractivity contribution >= 4 is 23.5 Å². The number of rotatable bonds is 7. The van der Waals surface area contributed by atoms with E-state index < -0.39 is 17.0 Å². The SMILES string of the molecule is CC(NC(=O)C(C)(C)OC(=O)C(C)(C)C)C(Cc1ccc(Cl)cc1)c1cccc(C#N)c1. The number of benzene rings is 2. The van der Waals surface area contributed by atoms with Gasteiger partial charge in [0.1, 0.15) is 0 Å². The van der Waals surface area contributed by atoms with Crippen molar-refractivity contribution in [2.75, 3.05) is 0 Å². The summed E-state index contributed by atoms with van der Waals surface area (Å²) in [6.07, 6.45) is 0.635. The van der Waals surface area contributed by atoms with Crippen LogP contribution in [0.1, 0.15) is 64.2 Å². The highest BCUT2D eigenvalue weighted by atomic mass is 35.5. The van der Waals surface area contributed by atoms with Crippen molar-refractivity contribution in [1.82, 2.24) is 5.32 Å². The average Bonchev–Trinajstić information content (AvgIpc) is 2.72. The molecule has 0 saturated carbocycles. The Morgan fingerprint density at radius 1 is 1.09 bits per heavy atom. The van der Waals surface area contributed by atoms with Crippen LogP contribution in [0, 0.1) is 16.7 Å². The molecule has 5 nitrogen and oxygen atoms in total. The van der Waals surface area contributed by atoms with Crippen LogP contribution in [0.4, 0.5) is 0 Å². The normalized spacial score (nSPS) is 13.6. The molecule has 0 fully saturated rings. The van der Waals surface area contributed by atoms with Crippen molar-refractivity contribution in [3.8, 4) is 6.07 Å². The molecular formula is C26H31ClN2O3. The minimum absolute atomic E-state index is 0.109. The van der Waals surface area contributed by atoms with Gasteiger partial charge >= 0.3 is 5.97 Å². The summed E-state index contributed by atoms with van der Waals surface area (Å²) in [6.45, 7) is 10.3. The molecule has 0 radical (unpaired) electrons. The number of carbonyl (C=O) groups excluding carboxylic acids is 2. The van der Waals surface area contributed by atoms with Gasteiger partial charge in [0.05, 0.1) is 17.0 Å². The number of esters is 1. The van der Waals surface area contributed by atoms with E-state index >= 15 is 0 Å². The molecule has 0 heterocycles. The third-order valence-corrected chi connectivity index (χ3v) is 5.53. The van der Waals surface area contributed by atoms with Gasteiger partial charge in [0, 0.05) is 17.0 Å². The first-order valence-electron chi connectivity index (χ1n) is 10.6. The molecule has 0 aromatic heterocycles. The molecule has 0 aliphatic rings. The number of halogens is 1. The quantitative estimate of drug-likeness (QED) is 0.567. The van der Waals surface area contributed by atoms with Gasteiger partial charge in [-0.15, -0.1) is 0 Å². The number of nitrogens with zero attached hydrogens (tertiary/aromatic N) is 1. The van der Waals surface area contributed by atoms with Crippen LogP contribution in [0.2, 0.25) is 5.02 Å². The van der Waals surface area contributed by atoms with Gasteiger partial charge in [0.25, 0.3) is 5.91 Å². The third-order valence-electron chi connectivity index (χ3n) is 5.28. The van der Waals surface area contributed by atoms with E-state index in [1.54, 1.807) is 40.7 Å². The van der Waals surface area contributed by atoms with Gasteiger partial charge in [-0.2, -0.15) is 5.26 Å². The first-order chi connectivity index (χ1) is 14.8. The van der Waals surface area contributed by atoms with Gasteiger partial charge in [0.15, 0.2) is 5.60 Å². The molecule has 32 heavy (non-hydrogen) atoms. The van der Waals surface area contributed by atoms with Crippen LogP contribution < -0.4 is 5.32 Å². The Balaban J connectivity index is 2.28. The van der Waals surface area contributed by atoms with Crippen LogP contribution in [0.25, 0.3) is 0 Å². The molecule has 0 bridgehead atoms. The lowest BCUT2D eigenvalue weighted by atomic mass is 9.85. The maximum Gasteiger partial charge on any atom is 0.312 e. The number of ether oxygens (including phenoxy) is 1. The molecule has 170 valence electrons. The maximum absolute atomic E-state index is 13.0. The van der Waals surface area contributed by atoms with Crippen molar-refractivity contribution in [1.29, 1.82) is 5.26 Å². The van der Waals surface area contributed by atoms with E-state index in [4.69, 9.17) is 16.3 Å². The number of nitrogens with one attached hydrogen (secondary N) is 1. The number of hydrogen-bond donors (Lipinski definition) is 1. The molecule has 0 aliphatic heterocycles. The van der Waals surface area contributed by atoms with Gasteiger partial charge in [-0.05, 0) is 83.4 Å². The fourth-order valence-electron chi connectivity index (χ4n) is 3.21. The summed E-state index contributed by atoms with van der Waals surface area (Å²) in [4.78, 5) is 25.4. The molecule has 1 amide bonds. The Morgan fingerprint density at radius 3 is 2.28 bits per heavy atom. The monoisotopic (exact) mass is 454 g/mol. The van der Waals surface area contributed by atoms with Crippen molar-refractivity contribution in [2.24, 2.45) is 5.41 Å². The van der Waals surface area contributed by atoms with Gasteiger partial charge in [-0.1, -0.05) is 35.9 Å². The summed E-state index contributed by atoms with van der Waals surface area (Å²) in [5, 5.41) is 13.0. The number of nitriles is 1. The first kappa shape index (κ1) is 25.4. The Hall–Kier alpha value is -2.84. The molecule has 2 aromatic carbocycles. The summed E-state index contributed by atoms with van der Waals surface area (Å²) < 4.78 is 5.51. The van der Waals surface area contributed by atoms with Crippen LogP contribution in [0.15, 0.2) is 48.5 Å². The Kier molecular flexibility index (Phi) is 8.09. The summed E-state index contributed by atoms with van der Waals surface area (Å²) in [5.74, 6) is -0.924. The summed E-state index contributed by atoms with van der Waals surface area (Å²) in [6, 6.07) is 16.8. The molecule has 0 saturated heterocycles. The lowest BCUT2D eigenvalue weighted by Crippen LogP contribution is -2.51. The zero-order valence-corrected chi connectivity index (χ0v) is 20.3. The fraction of sp³-hybridized carbons (Fsp3) is 0.423. The van der Waals surface area contributed by atoms with Crippen LogP contribution in [0.3, 0.4) is 0 Å². The van der Waals surface area contributed by atoms with Crippen LogP contribution in [0.5, 0.6) is 0 Å². The number of carbonyl (C=O) groups is 2. The number of hydrogen-bond acceptors (Lipinski definition) is 4. The molecule has 2 unspecified atom stereocenters. The summed E-state index contributed by atoms with van der Waals surface area (Å²) >= 11 is 6.03. The van der Waals surface area contributed by atoms with Crippen molar-refractivity contribution < 1.29 is 14.3 Å². The Labute approximate surface area is 195 Å². The van der Waals surface area contributed by atoms with E-state index in [0.717, 1.165) is 11.1 Å². The predicted octanol–water partition coefficient (Wildman–Crippen LogP) is 5.41. The second-order valence-electron chi connectivity index (χ2n) is 9.59.